The van der Waals surface area contributed by atoms with Crippen LogP contribution in [0.25, 0.3) is 5.78 Å². The fourth-order valence-corrected chi connectivity index (χ4v) is 1.97. The standard InChI is InChI=1S/C11H16N8.C7H8.C2H2/c1-3-4-5-7(2)6-14-10-17-11-16-8(12)15-9(13)19(11)18-10;1-7-5-3-2-4-6-7;1-2/h3-5H,6H2,1-2H3,(H5,12,13,14,15,16,17,18);2-6H,1H3;1-2H/b4-3-,7-5+;;. The number of nitrogens with one attached hydrogen (secondary N) is 1. The lowest BCUT2D eigenvalue weighted by Gasteiger charge is -2.00. The van der Waals surface area contributed by atoms with Gasteiger partial charge in [0.05, 0.1) is 0 Å². The molecule has 5 N–H and O–H groups in total. The molecule has 0 aliphatic heterocycles. The maximum atomic E-state index is 5.67. The lowest BCUT2D eigenvalue weighted by Crippen LogP contribution is -2.07. The van der Waals surface area contributed by atoms with Crippen LogP contribution in [-0.4, -0.2) is 31.1 Å². The van der Waals surface area contributed by atoms with Crippen LogP contribution in [0.3, 0.4) is 0 Å². The van der Waals surface area contributed by atoms with Crippen molar-refractivity contribution in [3.05, 3.63) is 59.7 Å². The maximum absolute atomic E-state index is 5.67. The number of benzene rings is 1. The maximum Gasteiger partial charge on any atom is 0.260 e. The van der Waals surface area contributed by atoms with Gasteiger partial charge in [0.25, 0.3) is 5.78 Å². The molecule has 0 fully saturated rings. The molecule has 0 saturated heterocycles. The molecular formula is C20H26N8. The van der Waals surface area contributed by atoms with Crippen LogP contribution in [0.5, 0.6) is 0 Å². The average molecular weight is 378 g/mol. The van der Waals surface area contributed by atoms with Crippen LogP contribution >= 0.6 is 0 Å². The van der Waals surface area contributed by atoms with Crippen molar-refractivity contribution in [2.45, 2.75) is 20.8 Å². The van der Waals surface area contributed by atoms with Crippen LogP contribution in [0.1, 0.15) is 19.4 Å². The molecular weight excluding hydrogens is 352 g/mol. The lowest BCUT2D eigenvalue weighted by molar-refractivity contribution is 0.913. The molecule has 0 aliphatic carbocycles. The first-order chi connectivity index (χ1) is 13.5. The van der Waals surface area contributed by atoms with Gasteiger partial charge in [-0.2, -0.15) is 19.5 Å². The molecule has 28 heavy (non-hydrogen) atoms. The Kier molecular flexibility index (Phi) is 9.27. The Balaban J connectivity index is 0.000000363. The van der Waals surface area contributed by atoms with Gasteiger partial charge in [0.1, 0.15) is 0 Å². The average Bonchev–Trinajstić information content (AvgIpc) is 3.11. The first kappa shape index (κ1) is 22.2. The molecule has 3 rings (SSSR count). The summed E-state index contributed by atoms with van der Waals surface area (Å²) < 4.78 is 1.34. The number of nitrogens with two attached hydrogens (primary N) is 2. The molecule has 0 saturated carbocycles. The monoisotopic (exact) mass is 378 g/mol. The third-order valence-corrected chi connectivity index (χ3v) is 3.29. The van der Waals surface area contributed by atoms with Crippen LogP contribution in [0.2, 0.25) is 0 Å². The van der Waals surface area contributed by atoms with Crippen molar-refractivity contribution in [1.82, 2.24) is 24.6 Å². The van der Waals surface area contributed by atoms with Gasteiger partial charge in [-0.15, -0.1) is 17.9 Å². The van der Waals surface area contributed by atoms with Gasteiger partial charge >= 0.3 is 0 Å². The number of rotatable bonds is 4. The molecule has 3 aromatic rings. The number of hydrogen-bond donors (Lipinski definition) is 3. The van der Waals surface area contributed by atoms with Crippen LogP contribution < -0.4 is 16.8 Å². The number of terminal acetylenes is 1. The highest BCUT2D eigenvalue weighted by atomic mass is 15.4. The second-order valence-corrected chi connectivity index (χ2v) is 5.63. The molecule has 0 unspecified atom stereocenters. The van der Waals surface area contributed by atoms with E-state index in [0.717, 1.165) is 5.57 Å². The van der Waals surface area contributed by atoms with E-state index in [2.05, 4.69) is 57.3 Å². The molecule has 2 aromatic heterocycles. The molecule has 0 bridgehead atoms. The fraction of sp³-hybridized carbons (Fsp3) is 0.200. The zero-order valence-corrected chi connectivity index (χ0v) is 16.4. The van der Waals surface area contributed by atoms with E-state index in [0.29, 0.717) is 18.3 Å². The molecule has 0 aliphatic rings. The first-order valence-corrected chi connectivity index (χ1v) is 8.52. The van der Waals surface area contributed by atoms with Crippen LogP contribution in [0, 0.1) is 19.8 Å². The number of fused-ring (bicyclic) bond motifs is 1. The first-order valence-electron chi connectivity index (χ1n) is 8.52. The van der Waals surface area contributed by atoms with Crippen molar-refractivity contribution in [3.8, 4) is 12.8 Å². The Morgan fingerprint density at radius 1 is 1.14 bits per heavy atom. The molecule has 146 valence electrons. The van der Waals surface area contributed by atoms with E-state index in [9.17, 15) is 0 Å². The van der Waals surface area contributed by atoms with E-state index in [4.69, 9.17) is 11.5 Å². The van der Waals surface area contributed by atoms with Crippen molar-refractivity contribution in [1.29, 1.82) is 0 Å². The normalized spacial score (nSPS) is 10.7. The summed E-state index contributed by atoms with van der Waals surface area (Å²) in [6, 6.07) is 10.3. The Bertz CT molecular complexity index is 939. The van der Waals surface area contributed by atoms with Crippen molar-refractivity contribution in [3.63, 3.8) is 0 Å². The predicted octanol–water partition coefficient (Wildman–Crippen LogP) is 2.86. The Hall–Kier alpha value is -3.86. The highest BCUT2D eigenvalue weighted by Gasteiger charge is 2.08. The zero-order valence-electron chi connectivity index (χ0n) is 16.4. The third kappa shape index (κ3) is 7.17. The third-order valence-electron chi connectivity index (χ3n) is 3.29. The van der Waals surface area contributed by atoms with E-state index >= 15 is 0 Å². The van der Waals surface area contributed by atoms with Crippen molar-refractivity contribution in [2.24, 2.45) is 0 Å². The number of allylic oxidation sites excluding steroid dienone is 3. The Labute approximate surface area is 165 Å². The van der Waals surface area contributed by atoms with E-state index in [1.165, 1.54) is 10.1 Å². The minimum Gasteiger partial charge on any atom is -0.368 e. The highest BCUT2D eigenvalue weighted by Crippen LogP contribution is 2.08. The van der Waals surface area contributed by atoms with E-state index < -0.39 is 0 Å². The number of nitrogens with zero attached hydrogens (tertiary/aromatic N) is 5. The molecule has 0 spiro atoms. The summed E-state index contributed by atoms with van der Waals surface area (Å²) in [6.45, 7) is 6.69. The minimum absolute atomic E-state index is 0.0770. The fourth-order valence-electron chi connectivity index (χ4n) is 1.97. The Morgan fingerprint density at radius 2 is 1.82 bits per heavy atom. The van der Waals surface area contributed by atoms with E-state index in [1.54, 1.807) is 0 Å². The van der Waals surface area contributed by atoms with Crippen molar-refractivity contribution < 1.29 is 0 Å². The lowest BCUT2D eigenvalue weighted by atomic mass is 10.2. The van der Waals surface area contributed by atoms with E-state index in [-0.39, 0.29) is 11.9 Å². The van der Waals surface area contributed by atoms with Gasteiger partial charge < -0.3 is 16.8 Å². The number of aryl methyl sites for hydroxylation is 1. The SMILES string of the molecule is C#C.C/C=C\C=C(/C)CNc1nc2nc(N)nc(N)n2n1.Cc1ccccc1. The van der Waals surface area contributed by atoms with Crippen LogP contribution in [-0.2, 0) is 0 Å². The molecule has 8 heteroatoms. The van der Waals surface area contributed by atoms with Gasteiger partial charge in [-0.25, -0.2) is 0 Å². The summed E-state index contributed by atoms with van der Waals surface area (Å²) in [5, 5.41) is 7.23. The quantitative estimate of drug-likeness (QED) is 0.471. The molecule has 8 nitrogen and oxygen atoms in total. The van der Waals surface area contributed by atoms with Crippen LogP contribution in [0.15, 0.2) is 54.1 Å². The van der Waals surface area contributed by atoms with Crippen molar-refractivity contribution in [2.75, 3.05) is 23.3 Å². The minimum atomic E-state index is 0.0770. The summed E-state index contributed by atoms with van der Waals surface area (Å²) in [6.07, 6.45) is 13.9. The second kappa shape index (κ2) is 11.7. The van der Waals surface area contributed by atoms with Crippen LogP contribution in [0.4, 0.5) is 17.8 Å². The zero-order chi connectivity index (χ0) is 20.9. The molecule has 0 amide bonds. The summed E-state index contributed by atoms with van der Waals surface area (Å²) in [5.74, 6) is 0.986. The number of nitrogen functional groups attached to an aromatic ring is 2. The second-order valence-electron chi connectivity index (χ2n) is 5.63. The van der Waals surface area contributed by atoms with Gasteiger partial charge in [0, 0.05) is 6.54 Å². The topological polar surface area (TPSA) is 120 Å². The summed E-state index contributed by atoms with van der Waals surface area (Å²) >= 11 is 0. The number of anilines is 3. The van der Waals surface area contributed by atoms with Gasteiger partial charge in [-0.3, -0.25) is 0 Å². The molecule has 0 atom stereocenters. The van der Waals surface area contributed by atoms with Gasteiger partial charge in [0.2, 0.25) is 17.8 Å². The molecule has 2 heterocycles. The highest BCUT2D eigenvalue weighted by molar-refractivity contribution is 5.45. The van der Waals surface area contributed by atoms with Gasteiger partial charge in [-0.1, -0.05) is 59.7 Å². The number of aromatic nitrogens is 5. The summed E-state index contributed by atoms with van der Waals surface area (Å²) in [7, 11) is 0. The van der Waals surface area contributed by atoms with Gasteiger partial charge in [0.15, 0.2) is 0 Å². The number of hydrogen-bond acceptors (Lipinski definition) is 7. The smallest absolute Gasteiger partial charge is 0.260 e. The molecule has 1 aromatic carbocycles. The van der Waals surface area contributed by atoms with Gasteiger partial charge in [-0.05, 0) is 20.8 Å². The summed E-state index contributed by atoms with van der Waals surface area (Å²) in [5.41, 5.74) is 13.6. The summed E-state index contributed by atoms with van der Waals surface area (Å²) in [4.78, 5) is 11.9. The predicted molar refractivity (Wildman–Crippen MR) is 116 cm³/mol. The molecule has 0 radical (unpaired) electrons. The van der Waals surface area contributed by atoms with Crippen molar-refractivity contribution >= 4 is 23.6 Å². The van der Waals surface area contributed by atoms with E-state index in [1.807, 2.05) is 50.3 Å². The Morgan fingerprint density at radius 3 is 2.39 bits per heavy atom. The largest absolute Gasteiger partial charge is 0.368 e.